The highest BCUT2D eigenvalue weighted by molar-refractivity contribution is 6.76. The van der Waals surface area contributed by atoms with E-state index in [1.165, 1.54) is 11.1 Å². The second-order valence-corrected chi connectivity index (χ2v) is 16.1. The molecule has 1 atom stereocenters. The fourth-order valence-corrected chi connectivity index (χ4v) is 4.70. The van der Waals surface area contributed by atoms with Crippen LogP contribution in [0.25, 0.3) is 0 Å². The lowest BCUT2D eigenvalue weighted by atomic mass is 9.61. The maximum atomic E-state index is 11.5. The van der Waals surface area contributed by atoms with Crippen molar-refractivity contribution in [3.05, 3.63) is 34.9 Å². The molecule has 0 fully saturated rings. The van der Waals surface area contributed by atoms with E-state index in [-0.39, 0.29) is 12.0 Å². The van der Waals surface area contributed by atoms with Gasteiger partial charge in [0, 0.05) is 26.7 Å². The van der Waals surface area contributed by atoms with E-state index in [1.807, 2.05) is 19.1 Å². The van der Waals surface area contributed by atoms with Gasteiger partial charge in [-0.3, -0.25) is 0 Å². The minimum atomic E-state index is -1.06. The van der Waals surface area contributed by atoms with Crippen molar-refractivity contribution in [3.63, 3.8) is 0 Å². The molecule has 0 saturated carbocycles. The standard InChI is InChI=1S/C25H46O4Si/c1-21(10-8-9-16-26)11-14-25(27)15-12-22(2)23(24(25,3)4)13-17-28-20-29-18-19-30(5,6)7/h10-11,14,26-27H,8-9,12-13,15-20H2,1-7H3/b14-11+,21-10-. The molecule has 0 radical (unpaired) electrons. The van der Waals surface area contributed by atoms with Crippen LogP contribution in [0.2, 0.25) is 25.7 Å². The molecule has 5 heteroatoms. The van der Waals surface area contributed by atoms with Crippen molar-refractivity contribution >= 4 is 8.07 Å². The maximum Gasteiger partial charge on any atom is 0.146 e. The third-order valence-corrected chi connectivity index (χ3v) is 8.05. The first kappa shape index (κ1) is 27.3. The topological polar surface area (TPSA) is 58.9 Å². The summed E-state index contributed by atoms with van der Waals surface area (Å²) >= 11 is 0. The summed E-state index contributed by atoms with van der Waals surface area (Å²) in [7, 11) is -1.06. The number of unbranched alkanes of at least 4 members (excludes halogenated alkanes) is 1. The smallest absolute Gasteiger partial charge is 0.146 e. The number of allylic oxidation sites excluding steroid dienone is 4. The lowest BCUT2D eigenvalue weighted by Crippen LogP contribution is -2.47. The number of aliphatic hydroxyl groups is 2. The van der Waals surface area contributed by atoms with E-state index in [0.29, 0.717) is 13.4 Å². The zero-order chi connectivity index (χ0) is 22.8. The van der Waals surface area contributed by atoms with Crippen molar-refractivity contribution in [1.82, 2.24) is 0 Å². The van der Waals surface area contributed by atoms with Crippen LogP contribution in [0, 0.1) is 5.41 Å². The first-order chi connectivity index (χ1) is 13.9. The Bertz CT molecular complexity index is 613. The minimum Gasteiger partial charge on any atom is -0.396 e. The van der Waals surface area contributed by atoms with Crippen molar-refractivity contribution in [2.75, 3.05) is 26.6 Å². The molecular formula is C25H46O4Si. The van der Waals surface area contributed by atoms with Gasteiger partial charge in [0.25, 0.3) is 0 Å². The summed E-state index contributed by atoms with van der Waals surface area (Å²) in [6.07, 6.45) is 10.2. The van der Waals surface area contributed by atoms with Crippen LogP contribution in [-0.4, -0.2) is 50.5 Å². The van der Waals surface area contributed by atoms with Crippen molar-refractivity contribution in [2.45, 2.75) is 91.1 Å². The van der Waals surface area contributed by atoms with Crippen LogP contribution in [0.15, 0.2) is 34.9 Å². The average molecular weight is 439 g/mol. The molecular weight excluding hydrogens is 392 g/mol. The zero-order valence-corrected chi connectivity index (χ0v) is 21.5. The van der Waals surface area contributed by atoms with Crippen molar-refractivity contribution in [2.24, 2.45) is 5.41 Å². The number of hydrogen-bond acceptors (Lipinski definition) is 4. The Balaban J connectivity index is 2.64. The van der Waals surface area contributed by atoms with Gasteiger partial charge in [0.1, 0.15) is 6.79 Å². The maximum absolute atomic E-state index is 11.5. The third kappa shape index (κ3) is 8.79. The molecule has 1 aliphatic carbocycles. The van der Waals surface area contributed by atoms with Crippen LogP contribution in [0.5, 0.6) is 0 Å². The normalized spacial score (nSPS) is 22.9. The monoisotopic (exact) mass is 438 g/mol. The molecule has 0 saturated heterocycles. The first-order valence-corrected chi connectivity index (χ1v) is 15.2. The Morgan fingerprint density at radius 3 is 2.47 bits per heavy atom. The summed E-state index contributed by atoms with van der Waals surface area (Å²) in [6.45, 7) is 17.5. The molecule has 30 heavy (non-hydrogen) atoms. The molecule has 1 rings (SSSR count). The fourth-order valence-electron chi connectivity index (χ4n) is 3.94. The highest BCUT2D eigenvalue weighted by Gasteiger charge is 2.46. The van der Waals surface area contributed by atoms with E-state index in [9.17, 15) is 5.11 Å². The molecule has 0 spiro atoms. The number of rotatable bonds is 13. The Kier molecular flexibility index (Phi) is 11.2. The molecule has 0 bridgehead atoms. The quantitative estimate of drug-likeness (QED) is 0.124. The molecule has 0 amide bonds. The van der Waals surface area contributed by atoms with Gasteiger partial charge < -0.3 is 19.7 Å². The van der Waals surface area contributed by atoms with Crippen molar-refractivity contribution in [1.29, 1.82) is 0 Å². The number of ether oxygens (including phenoxy) is 2. The predicted molar refractivity (Wildman–Crippen MR) is 129 cm³/mol. The van der Waals surface area contributed by atoms with Gasteiger partial charge in [0.2, 0.25) is 0 Å². The average Bonchev–Trinajstić information content (AvgIpc) is 2.64. The Morgan fingerprint density at radius 2 is 1.83 bits per heavy atom. The first-order valence-electron chi connectivity index (χ1n) is 11.5. The van der Waals surface area contributed by atoms with Gasteiger partial charge in [-0.05, 0) is 52.0 Å². The molecule has 4 nitrogen and oxygen atoms in total. The summed E-state index contributed by atoms with van der Waals surface area (Å²) in [5.74, 6) is 0. The summed E-state index contributed by atoms with van der Waals surface area (Å²) < 4.78 is 11.4. The van der Waals surface area contributed by atoms with Crippen LogP contribution < -0.4 is 0 Å². The molecule has 0 aromatic rings. The van der Waals surface area contributed by atoms with Gasteiger partial charge in [-0.1, -0.05) is 68.4 Å². The molecule has 1 aliphatic rings. The van der Waals surface area contributed by atoms with Crippen LogP contribution in [0.4, 0.5) is 0 Å². The van der Waals surface area contributed by atoms with E-state index in [0.717, 1.165) is 50.3 Å². The van der Waals surface area contributed by atoms with Crippen LogP contribution >= 0.6 is 0 Å². The summed E-state index contributed by atoms with van der Waals surface area (Å²) in [4.78, 5) is 0. The van der Waals surface area contributed by atoms with Gasteiger partial charge >= 0.3 is 0 Å². The second kappa shape index (κ2) is 12.3. The van der Waals surface area contributed by atoms with E-state index in [4.69, 9.17) is 14.6 Å². The largest absolute Gasteiger partial charge is 0.396 e. The van der Waals surface area contributed by atoms with Crippen LogP contribution in [0.3, 0.4) is 0 Å². The molecule has 2 N–H and O–H groups in total. The summed E-state index contributed by atoms with van der Waals surface area (Å²) in [5, 5.41) is 20.4. The highest BCUT2D eigenvalue weighted by atomic mass is 28.3. The summed E-state index contributed by atoms with van der Waals surface area (Å²) in [5.41, 5.74) is 2.57. The van der Waals surface area contributed by atoms with Crippen LogP contribution in [-0.2, 0) is 9.47 Å². The fraction of sp³-hybridized carbons (Fsp3) is 0.760. The van der Waals surface area contributed by atoms with E-state index < -0.39 is 13.7 Å². The molecule has 174 valence electrons. The Morgan fingerprint density at radius 1 is 1.17 bits per heavy atom. The molecule has 1 unspecified atom stereocenters. The van der Waals surface area contributed by atoms with Crippen molar-refractivity contribution < 1.29 is 19.7 Å². The van der Waals surface area contributed by atoms with E-state index >= 15 is 0 Å². The Hall–Kier alpha value is -0.723. The SMILES string of the molecule is CC1=C(CCOCOCC[Si](C)(C)C)C(C)(C)C(O)(/C=C/C(C)=C\CCCO)CC1. The predicted octanol–water partition coefficient (Wildman–Crippen LogP) is 5.85. The molecule has 0 heterocycles. The third-order valence-electron chi connectivity index (χ3n) is 6.34. The lowest BCUT2D eigenvalue weighted by Gasteiger charge is -2.47. The van der Waals surface area contributed by atoms with E-state index in [2.05, 4.69) is 46.5 Å². The van der Waals surface area contributed by atoms with E-state index in [1.54, 1.807) is 0 Å². The van der Waals surface area contributed by atoms with Gasteiger partial charge in [-0.15, -0.1) is 0 Å². The lowest BCUT2D eigenvalue weighted by molar-refractivity contribution is -0.0538. The second-order valence-electron chi connectivity index (χ2n) is 10.5. The minimum absolute atomic E-state index is 0.212. The zero-order valence-electron chi connectivity index (χ0n) is 20.5. The molecule has 0 aromatic carbocycles. The van der Waals surface area contributed by atoms with Gasteiger partial charge in [0.15, 0.2) is 0 Å². The Labute approximate surface area is 186 Å². The molecule has 0 aliphatic heterocycles. The van der Waals surface area contributed by atoms with Crippen LogP contribution in [0.1, 0.15) is 59.8 Å². The van der Waals surface area contributed by atoms with Crippen molar-refractivity contribution in [3.8, 4) is 0 Å². The number of aliphatic hydroxyl groups excluding tert-OH is 1. The number of hydrogen-bond donors (Lipinski definition) is 2. The highest BCUT2D eigenvalue weighted by Crippen LogP contribution is 2.49. The van der Waals surface area contributed by atoms with Gasteiger partial charge in [0.05, 0.1) is 12.2 Å². The summed E-state index contributed by atoms with van der Waals surface area (Å²) in [6, 6.07) is 1.15. The molecule has 0 aromatic heterocycles. The van der Waals surface area contributed by atoms with Gasteiger partial charge in [-0.2, -0.15) is 0 Å². The van der Waals surface area contributed by atoms with Gasteiger partial charge in [-0.25, -0.2) is 0 Å².